The fraction of sp³-hybridized carbons (Fsp3) is 0.231. The Morgan fingerprint density at radius 1 is 1.35 bits per heavy atom. The lowest BCUT2D eigenvalue weighted by Crippen LogP contribution is -2.17. The lowest BCUT2D eigenvalue weighted by Gasteiger charge is -2.10. The molecule has 4 nitrogen and oxygen atoms in total. The number of pyridine rings is 1. The van der Waals surface area contributed by atoms with Crippen molar-refractivity contribution < 1.29 is 9.53 Å². The lowest BCUT2D eigenvalue weighted by molar-refractivity contribution is 0.0515. The van der Waals surface area contributed by atoms with E-state index in [4.69, 9.17) is 4.74 Å². The minimum Gasteiger partial charge on any atom is -0.461 e. The van der Waals surface area contributed by atoms with Gasteiger partial charge in [-0.3, -0.25) is 4.79 Å². The van der Waals surface area contributed by atoms with Crippen molar-refractivity contribution in [3.8, 4) is 0 Å². The Labute approximate surface area is 98.4 Å². The molecule has 4 heteroatoms. The molecule has 0 N–H and O–H groups in total. The lowest BCUT2D eigenvalue weighted by atomic mass is 10.2. The van der Waals surface area contributed by atoms with Gasteiger partial charge in [-0.15, -0.1) is 0 Å². The molecule has 1 aromatic heterocycles. The molecule has 1 aromatic carbocycles. The first-order chi connectivity index (χ1) is 8.15. The van der Waals surface area contributed by atoms with E-state index in [1.165, 1.54) is 6.07 Å². The predicted molar refractivity (Wildman–Crippen MR) is 65.1 cm³/mol. The summed E-state index contributed by atoms with van der Waals surface area (Å²) < 4.78 is 6.59. The number of rotatable bonds is 2. The molecular formula is C13H13NO3. The van der Waals surface area contributed by atoms with Gasteiger partial charge in [0.25, 0.3) is 0 Å². The molecule has 0 unspecified atom stereocenters. The van der Waals surface area contributed by atoms with Crippen LogP contribution >= 0.6 is 0 Å². The highest BCUT2D eigenvalue weighted by molar-refractivity contribution is 5.91. The second kappa shape index (κ2) is 4.41. The van der Waals surface area contributed by atoms with E-state index in [-0.39, 0.29) is 11.1 Å². The van der Waals surface area contributed by atoms with Crippen molar-refractivity contribution in [2.45, 2.75) is 6.92 Å². The molecule has 88 valence electrons. The fourth-order valence-corrected chi connectivity index (χ4v) is 1.80. The number of aryl methyl sites for hydroxylation is 1. The van der Waals surface area contributed by atoms with Crippen LogP contribution in [0, 0.1) is 0 Å². The van der Waals surface area contributed by atoms with Crippen molar-refractivity contribution >= 4 is 16.9 Å². The number of ether oxygens (including phenoxy) is 1. The summed E-state index contributed by atoms with van der Waals surface area (Å²) >= 11 is 0. The monoisotopic (exact) mass is 231 g/mol. The Balaban J connectivity index is 2.71. The van der Waals surface area contributed by atoms with Crippen LogP contribution in [0.15, 0.2) is 35.1 Å². The molecule has 17 heavy (non-hydrogen) atoms. The van der Waals surface area contributed by atoms with Crippen LogP contribution < -0.4 is 5.43 Å². The van der Waals surface area contributed by atoms with Crippen LogP contribution in [0.1, 0.15) is 17.4 Å². The van der Waals surface area contributed by atoms with Crippen LogP contribution in [0.3, 0.4) is 0 Å². The first kappa shape index (κ1) is 11.4. The third kappa shape index (κ3) is 1.93. The Morgan fingerprint density at radius 3 is 2.76 bits per heavy atom. The average Bonchev–Trinajstić information content (AvgIpc) is 2.34. The molecule has 2 aromatic rings. The Kier molecular flexibility index (Phi) is 2.95. The van der Waals surface area contributed by atoms with Crippen LogP contribution in [0.5, 0.6) is 0 Å². The zero-order valence-corrected chi connectivity index (χ0v) is 9.77. The number of aromatic nitrogens is 1. The summed E-state index contributed by atoms with van der Waals surface area (Å²) in [7, 11) is 1.74. The summed E-state index contributed by atoms with van der Waals surface area (Å²) in [6.07, 6.45) is 0. The average molecular weight is 231 g/mol. The molecule has 2 rings (SSSR count). The molecular weight excluding hydrogens is 218 g/mol. The third-order valence-corrected chi connectivity index (χ3v) is 2.64. The van der Waals surface area contributed by atoms with Crippen molar-refractivity contribution in [1.82, 2.24) is 4.57 Å². The zero-order chi connectivity index (χ0) is 12.4. The molecule has 0 saturated heterocycles. The second-order valence-electron chi connectivity index (χ2n) is 3.69. The van der Waals surface area contributed by atoms with Gasteiger partial charge in [0, 0.05) is 18.5 Å². The van der Waals surface area contributed by atoms with Crippen molar-refractivity contribution in [3.63, 3.8) is 0 Å². The topological polar surface area (TPSA) is 48.3 Å². The van der Waals surface area contributed by atoms with Gasteiger partial charge in [0.05, 0.1) is 12.1 Å². The van der Waals surface area contributed by atoms with Crippen LogP contribution in [0.4, 0.5) is 0 Å². The largest absolute Gasteiger partial charge is 0.461 e. The standard InChI is InChI=1S/C13H13NO3/c1-3-17-13(16)11-8-12(15)9-6-4-5-7-10(9)14(11)2/h4-8H,3H2,1-2H3. The van der Waals surface area contributed by atoms with E-state index >= 15 is 0 Å². The SMILES string of the molecule is CCOC(=O)c1cc(=O)c2ccccc2n1C. The molecule has 0 atom stereocenters. The predicted octanol–water partition coefficient (Wildman–Crippen LogP) is 1.72. The van der Waals surface area contributed by atoms with Crippen molar-refractivity contribution in [2.24, 2.45) is 7.05 Å². The first-order valence-corrected chi connectivity index (χ1v) is 5.41. The number of esters is 1. The summed E-state index contributed by atoms with van der Waals surface area (Å²) in [6, 6.07) is 8.50. The number of carbonyl (C=O) groups is 1. The van der Waals surface area contributed by atoms with Gasteiger partial charge in [0.1, 0.15) is 5.69 Å². The van der Waals surface area contributed by atoms with E-state index in [0.717, 1.165) is 5.52 Å². The number of hydrogen-bond donors (Lipinski definition) is 0. The molecule has 0 aliphatic heterocycles. The maximum Gasteiger partial charge on any atom is 0.355 e. The molecule has 0 spiro atoms. The maximum atomic E-state index is 11.8. The van der Waals surface area contributed by atoms with Gasteiger partial charge in [-0.05, 0) is 19.1 Å². The van der Waals surface area contributed by atoms with Gasteiger partial charge in [-0.25, -0.2) is 4.79 Å². The molecule has 0 aliphatic rings. The second-order valence-corrected chi connectivity index (χ2v) is 3.69. The number of para-hydroxylation sites is 1. The van der Waals surface area contributed by atoms with E-state index in [0.29, 0.717) is 12.0 Å². The van der Waals surface area contributed by atoms with Crippen molar-refractivity contribution in [2.75, 3.05) is 6.61 Å². The number of fused-ring (bicyclic) bond motifs is 1. The van der Waals surface area contributed by atoms with E-state index < -0.39 is 5.97 Å². The summed E-state index contributed by atoms with van der Waals surface area (Å²) in [4.78, 5) is 23.5. The molecule has 0 saturated carbocycles. The van der Waals surface area contributed by atoms with Crippen molar-refractivity contribution in [1.29, 1.82) is 0 Å². The summed E-state index contributed by atoms with van der Waals surface area (Å²) in [5, 5.41) is 0.600. The van der Waals surface area contributed by atoms with Crippen LogP contribution in [0.25, 0.3) is 10.9 Å². The van der Waals surface area contributed by atoms with Crippen LogP contribution in [-0.4, -0.2) is 17.1 Å². The van der Waals surface area contributed by atoms with Crippen LogP contribution in [0.2, 0.25) is 0 Å². The smallest absolute Gasteiger partial charge is 0.355 e. The van der Waals surface area contributed by atoms with Gasteiger partial charge >= 0.3 is 5.97 Å². The van der Waals surface area contributed by atoms with E-state index in [1.54, 1.807) is 36.7 Å². The van der Waals surface area contributed by atoms with Gasteiger partial charge in [0.15, 0.2) is 5.43 Å². The summed E-state index contributed by atoms with van der Waals surface area (Å²) in [5.41, 5.74) is 0.834. The van der Waals surface area contributed by atoms with E-state index in [9.17, 15) is 9.59 Å². The Hall–Kier alpha value is -2.10. The van der Waals surface area contributed by atoms with E-state index in [2.05, 4.69) is 0 Å². The zero-order valence-electron chi connectivity index (χ0n) is 9.77. The fourth-order valence-electron chi connectivity index (χ4n) is 1.80. The molecule has 0 radical (unpaired) electrons. The van der Waals surface area contributed by atoms with Gasteiger partial charge < -0.3 is 9.30 Å². The van der Waals surface area contributed by atoms with Gasteiger partial charge in [0.2, 0.25) is 0 Å². The third-order valence-electron chi connectivity index (χ3n) is 2.64. The molecule has 0 amide bonds. The minimum atomic E-state index is -0.474. The van der Waals surface area contributed by atoms with Gasteiger partial charge in [-0.1, -0.05) is 12.1 Å². The number of nitrogens with zero attached hydrogens (tertiary/aromatic N) is 1. The summed E-state index contributed by atoms with van der Waals surface area (Å²) in [6.45, 7) is 2.02. The molecule has 0 aliphatic carbocycles. The van der Waals surface area contributed by atoms with Crippen molar-refractivity contribution in [3.05, 3.63) is 46.2 Å². The highest BCUT2D eigenvalue weighted by Gasteiger charge is 2.13. The number of benzene rings is 1. The summed E-state index contributed by atoms with van der Waals surface area (Å²) in [5.74, 6) is -0.474. The normalized spacial score (nSPS) is 10.5. The molecule has 0 bridgehead atoms. The highest BCUT2D eigenvalue weighted by Crippen LogP contribution is 2.11. The maximum absolute atomic E-state index is 11.8. The molecule has 1 heterocycles. The van der Waals surface area contributed by atoms with Gasteiger partial charge in [-0.2, -0.15) is 0 Å². The number of carbonyl (C=O) groups excluding carboxylic acids is 1. The van der Waals surface area contributed by atoms with E-state index in [1.807, 2.05) is 6.07 Å². The first-order valence-electron chi connectivity index (χ1n) is 5.41. The Morgan fingerprint density at radius 2 is 2.06 bits per heavy atom. The van der Waals surface area contributed by atoms with Crippen LogP contribution in [-0.2, 0) is 11.8 Å². The Bertz CT molecular complexity index is 628. The quantitative estimate of drug-likeness (QED) is 0.739. The number of hydrogen-bond acceptors (Lipinski definition) is 3. The highest BCUT2D eigenvalue weighted by atomic mass is 16.5. The minimum absolute atomic E-state index is 0.165. The molecule has 0 fully saturated rings.